The van der Waals surface area contributed by atoms with Gasteiger partial charge in [0.05, 0.1) is 5.52 Å². The van der Waals surface area contributed by atoms with Gasteiger partial charge in [0.25, 0.3) is 0 Å². The van der Waals surface area contributed by atoms with E-state index in [1.54, 1.807) is 0 Å². The molecule has 0 fully saturated rings. The van der Waals surface area contributed by atoms with E-state index in [1.807, 2.05) is 11.3 Å². The van der Waals surface area contributed by atoms with Crippen LogP contribution in [0.2, 0.25) is 0 Å². The lowest BCUT2D eigenvalue weighted by Crippen LogP contribution is -2.07. The van der Waals surface area contributed by atoms with Gasteiger partial charge in [-0.25, -0.2) is 0 Å². The molecule has 0 bridgehead atoms. The molecule has 272 valence electrons. The Morgan fingerprint density at radius 1 is 0.431 bits per heavy atom. The van der Waals surface area contributed by atoms with E-state index in [0.717, 1.165) is 6.42 Å². The van der Waals surface area contributed by atoms with Crippen LogP contribution in [0.1, 0.15) is 22.7 Å². The predicted octanol–water partition coefficient (Wildman–Crippen LogP) is 15.7. The van der Waals surface area contributed by atoms with Crippen molar-refractivity contribution in [1.82, 2.24) is 4.57 Å². The zero-order valence-corrected chi connectivity index (χ0v) is 32.6. The second kappa shape index (κ2) is 13.3. The topological polar surface area (TPSA) is 4.93 Å². The first kappa shape index (κ1) is 33.2. The number of fused-ring (bicyclic) bond motifs is 8. The number of para-hydroxylation sites is 1. The van der Waals surface area contributed by atoms with E-state index >= 15 is 0 Å². The molecule has 58 heavy (non-hydrogen) atoms. The highest BCUT2D eigenvalue weighted by atomic mass is 32.1. The summed E-state index contributed by atoms with van der Waals surface area (Å²) in [6.45, 7) is 0. The molecule has 12 rings (SSSR count). The van der Waals surface area contributed by atoms with Crippen LogP contribution in [0.15, 0.2) is 200 Å². The predicted molar refractivity (Wildman–Crippen MR) is 249 cm³/mol. The summed E-state index contributed by atoms with van der Waals surface area (Å²) in [6, 6.07) is 71.6. The maximum atomic E-state index is 2.47. The standard InChI is InChI=1S/C56H37NS/c1-3-14-37(15-4-1)54-45-20-7-8-21-46(45)55(38-16-5-2-6-17-38)50-34-39(28-32-47(50)54)36-26-30-41(31-27-36)57-51-24-11-9-18-43(51)49-35-40(29-33-52(49)57)42-22-13-23-48-44-19-10-12-25-53(44)58-56(42)48/h1-34,40H,35H2. The number of aromatic nitrogens is 1. The Morgan fingerprint density at radius 3 is 1.76 bits per heavy atom. The van der Waals surface area contributed by atoms with Gasteiger partial charge in [-0.05, 0) is 109 Å². The third kappa shape index (κ3) is 5.15. The van der Waals surface area contributed by atoms with Crippen LogP contribution >= 0.6 is 11.3 Å². The van der Waals surface area contributed by atoms with Crippen molar-refractivity contribution in [3.05, 3.63) is 217 Å². The Balaban J connectivity index is 0.971. The molecule has 11 aromatic rings. The number of allylic oxidation sites excluding steroid dienone is 1. The van der Waals surface area contributed by atoms with E-state index in [-0.39, 0.29) is 0 Å². The first-order valence-electron chi connectivity index (χ1n) is 20.2. The highest BCUT2D eigenvalue weighted by Crippen LogP contribution is 2.46. The molecule has 0 N–H and O–H groups in total. The van der Waals surface area contributed by atoms with Crippen molar-refractivity contribution >= 4 is 70.0 Å². The van der Waals surface area contributed by atoms with Gasteiger partial charge in [0, 0.05) is 42.9 Å². The molecule has 9 aromatic carbocycles. The monoisotopic (exact) mass is 755 g/mol. The summed E-state index contributed by atoms with van der Waals surface area (Å²) in [4.78, 5) is 0. The Bertz CT molecular complexity index is 3400. The smallest absolute Gasteiger partial charge is 0.0537 e. The summed E-state index contributed by atoms with van der Waals surface area (Å²) in [5.74, 6) is 0.319. The van der Waals surface area contributed by atoms with E-state index in [1.165, 1.54) is 109 Å². The fraction of sp³-hybridized carbons (Fsp3) is 0.0357. The van der Waals surface area contributed by atoms with Gasteiger partial charge in [0.1, 0.15) is 0 Å². The van der Waals surface area contributed by atoms with Crippen LogP contribution in [0, 0.1) is 0 Å². The highest BCUT2D eigenvalue weighted by molar-refractivity contribution is 7.26. The molecule has 0 spiro atoms. The fourth-order valence-corrected chi connectivity index (χ4v) is 11.0. The quantitative estimate of drug-likeness (QED) is 0.154. The summed E-state index contributed by atoms with van der Waals surface area (Å²) < 4.78 is 5.24. The minimum atomic E-state index is 0.319. The van der Waals surface area contributed by atoms with Crippen molar-refractivity contribution in [1.29, 1.82) is 0 Å². The zero-order chi connectivity index (χ0) is 38.2. The van der Waals surface area contributed by atoms with Crippen molar-refractivity contribution < 1.29 is 0 Å². The van der Waals surface area contributed by atoms with Gasteiger partial charge < -0.3 is 4.57 Å². The SMILES string of the molecule is C1=CC(c2cccc3c2sc2ccccc23)Cc2c1n(-c1ccc(-c3ccc4c(-c5ccccc5)c5ccccc5c(-c5ccccc5)c4c3)cc1)c1ccccc21. The van der Waals surface area contributed by atoms with Gasteiger partial charge in [0.2, 0.25) is 0 Å². The average molecular weight is 756 g/mol. The molecule has 0 radical (unpaired) electrons. The zero-order valence-electron chi connectivity index (χ0n) is 31.8. The summed E-state index contributed by atoms with van der Waals surface area (Å²) in [5.41, 5.74) is 14.0. The summed E-state index contributed by atoms with van der Waals surface area (Å²) >= 11 is 1.93. The van der Waals surface area contributed by atoms with Gasteiger partial charge in [-0.2, -0.15) is 0 Å². The van der Waals surface area contributed by atoms with Crippen LogP contribution in [0.4, 0.5) is 0 Å². The number of thiophene rings is 1. The molecule has 0 saturated carbocycles. The Kier molecular flexibility index (Phi) is 7.61. The van der Waals surface area contributed by atoms with Crippen LogP contribution in [0.5, 0.6) is 0 Å². The molecule has 0 aliphatic heterocycles. The number of rotatable bonds is 5. The van der Waals surface area contributed by atoms with Crippen LogP contribution in [-0.2, 0) is 6.42 Å². The van der Waals surface area contributed by atoms with Gasteiger partial charge in [-0.3, -0.25) is 0 Å². The average Bonchev–Trinajstić information content (AvgIpc) is 3.84. The van der Waals surface area contributed by atoms with Crippen LogP contribution in [-0.4, -0.2) is 4.57 Å². The molecule has 1 aliphatic rings. The van der Waals surface area contributed by atoms with Crippen molar-refractivity contribution in [3.8, 4) is 39.1 Å². The Labute approximate surface area is 341 Å². The number of nitrogens with zero attached hydrogens (tertiary/aromatic N) is 1. The van der Waals surface area contributed by atoms with Crippen LogP contribution in [0.25, 0.3) is 97.8 Å². The minimum absolute atomic E-state index is 0.319. The van der Waals surface area contributed by atoms with E-state index < -0.39 is 0 Å². The van der Waals surface area contributed by atoms with E-state index in [0.29, 0.717) is 5.92 Å². The van der Waals surface area contributed by atoms with Crippen LogP contribution in [0.3, 0.4) is 0 Å². The van der Waals surface area contributed by atoms with E-state index in [4.69, 9.17) is 0 Å². The lowest BCUT2D eigenvalue weighted by atomic mass is 9.85. The van der Waals surface area contributed by atoms with Crippen molar-refractivity contribution in [3.63, 3.8) is 0 Å². The molecule has 1 aliphatic carbocycles. The lowest BCUT2D eigenvalue weighted by molar-refractivity contribution is 0.833. The molecule has 2 heteroatoms. The van der Waals surface area contributed by atoms with Gasteiger partial charge >= 0.3 is 0 Å². The number of hydrogen-bond acceptors (Lipinski definition) is 1. The van der Waals surface area contributed by atoms with Crippen molar-refractivity contribution in [2.75, 3.05) is 0 Å². The van der Waals surface area contributed by atoms with E-state index in [9.17, 15) is 0 Å². The molecular formula is C56H37NS. The molecule has 2 aromatic heterocycles. The summed E-state index contributed by atoms with van der Waals surface area (Å²) in [7, 11) is 0. The summed E-state index contributed by atoms with van der Waals surface area (Å²) in [5, 5.41) is 9.14. The fourth-order valence-electron chi connectivity index (χ4n) is 9.76. The highest BCUT2D eigenvalue weighted by Gasteiger charge is 2.25. The van der Waals surface area contributed by atoms with Gasteiger partial charge in [-0.1, -0.05) is 170 Å². The third-order valence-electron chi connectivity index (χ3n) is 12.4. The molecule has 2 heterocycles. The molecule has 0 saturated heterocycles. The normalized spacial score (nSPS) is 13.9. The molecular weight excluding hydrogens is 719 g/mol. The van der Waals surface area contributed by atoms with Gasteiger partial charge in [-0.15, -0.1) is 11.3 Å². The summed E-state index contributed by atoms with van der Waals surface area (Å²) in [6.07, 6.45) is 5.80. The number of benzene rings is 9. The first-order chi connectivity index (χ1) is 28.8. The minimum Gasteiger partial charge on any atom is -0.310 e. The molecule has 1 unspecified atom stereocenters. The second-order valence-electron chi connectivity index (χ2n) is 15.5. The molecule has 1 nitrogen and oxygen atoms in total. The molecule has 0 amide bonds. The Hall–Kier alpha value is -7.00. The van der Waals surface area contributed by atoms with Crippen molar-refractivity contribution in [2.24, 2.45) is 0 Å². The molecule has 1 atom stereocenters. The first-order valence-corrected chi connectivity index (χ1v) is 21.0. The maximum Gasteiger partial charge on any atom is 0.0537 e. The maximum absolute atomic E-state index is 2.47. The van der Waals surface area contributed by atoms with Crippen molar-refractivity contribution in [2.45, 2.75) is 12.3 Å². The lowest BCUT2D eigenvalue weighted by Gasteiger charge is -2.20. The third-order valence-corrected chi connectivity index (χ3v) is 13.6. The number of hydrogen-bond donors (Lipinski definition) is 0. The van der Waals surface area contributed by atoms with E-state index in [2.05, 4.69) is 211 Å². The van der Waals surface area contributed by atoms with Crippen LogP contribution < -0.4 is 0 Å². The second-order valence-corrected chi connectivity index (χ2v) is 16.6. The Morgan fingerprint density at radius 2 is 1.02 bits per heavy atom. The largest absolute Gasteiger partial charge is 0.310 e. The van der Waals surface area contributed by atoms with Gasteiger partial charge in [0.15, 0.2) is 0 Å².